The number of carboxylic acids is 1. The van der Waals surface area contributed by atoms with Gasteiger partial charge in [0.2, 0.25) is 5.72 Å². The molecule has 3 atom stereocenters. The molecule has 0 radical (unpaired) electrons. The van der Waals surface area contributed by atoms with Crippen LogP contribution in [0.3, 0.4) is 0 Å². The molecule has 0 unspecified atom stereocenters. The Labute approximate surface area is 133 Å². The quantitative estimate of drug-likeness (QED) is 0.705. The highest BCUT2D eigenvalue weighted by Gasteiger charge is 2.65. The van der Waals surface area contributed by atoms with Crippen molar-refractivity contribution in [3.8, 4) is 0 Å². The Hall–Kier alpha value is -2.62. The lowest BCUT2D eigenvalue weighted by molar-refractivity contribution is -0.290. The first kappa shape index (κ1) is 17.7. The third-order valence-corrected chi connectivity index (χ3v) is 3.75. The summed E-state index contributed by atoms with van der Waals surface area (Å²) in [6.45, 7) is 0.850. The number of halogens is 3. The van der Waals surface area contributed by atoms with Crippen LogP contribution in [0.15, 0.2) is 24.3 Å². The van der Waals surface area contributed by atoms with Gasteiger partial charge in [0, 0.05) is 0 Å². The van der Waals surface area contributed by atoms with E-state index < -0.39 is 41.6 Å². The highest BCUT2D eigenvalue weighted by atomic mass is 19.4. The number of benzene rings is 1. The molecule has 0 aromatic heterocycles. The van der Waals surface area contributed by atoms with Gasteiger partial charge in [-0.2, -0.15) is 13.2 Å². The highest BCUT2D eigenvalue weighted by molar-refractivity contribution is 5.87. The van der Waals surface area contributed by atoms with Crippen molar-refractivity contribution in [2.24, 2.45) is 5.92 Å². The summed E-state index contributed by atoms with van der Waals surface area (Å²) in [4.78, 5) is 34.0. The lowest BCUT2D eigenvalue weighted by Gasteiger charge is -2.44. The smallest absolute Gasteiger partial charge is 0.437 e. The average Bonchev–Trinajstić information content (AvgIpc) is 2.44. The van der Waals surface area contributed by atoms with Crippen molar-refractivity contribution in [2.75, 3.05) is 0 Å². The van der Waals surface area contributed by atoms with Crippen LogP contribution in [0.2, 0.25) is 0 Å². The Morgan fingerprint density at radius 1 is 1.25 bits per heavy atom. The van der Waals surface area contributed by atoms with Gasteiger partial charge in [-0.15, -0.1) is 0 Å². The maximum Gasteiger partial charge on any atom is 0.437 e. The van der Waals surface area contributed by atoms with Crippen molar-refractivity contribution in [3.63, 3.8) is 0 Å². The van der Waals surface area contributed by atoms with Crippen LogP contribution in [0.5, 0.6) is 0 Å². The molecule has 3 N–H and O–H groups in total. The number of carbonyl (C=O) groups excluding carboxylic acids is 3. The second kappa shape index (κ2) is 5.78. The Morgan fingerprint density at radius 2 is 1.79 bits per heavy atom. The van der Waals surface area contributed by atoms with Gasteiger partial charge in [0.1, 0.15) is 5.78 Å². The van der Waals surface area contributed by atoms with Gasteiger partial charge < -0.3 is 25.6 Å². The van der Waals surface area contributed by atoms with Crippen molar-refractivity contribution in [1.29, 1.82) is 0 Å². The Balaban J connectivity index is 2.52. The van der Waals surface area contributed by atoms with Crippen LogP contribution in [-0.2, 0) is 4.79 Å². The SMILES string of the molecule is CC(=O)[C@H]1[C@@H](c2ccc(C(=O)[O-])cc2)NC(=O)N[C@]1(O)C(F)(F)F. The van der Waals surface area contributed by atoms with Crippen molar-refractivity contribution < 1.29 is 37.8 Å². The van der Waals surface area contributed by atoms with Gasteiger partial charge >= 0.3 is 12.2 Å². The minimum atomic E-state index is -5.30. The van der Waals surface area contributed by atoms with Gasteiger partial charge in [0.15, 0.2) is 0 Å². The lowest BCUT2D eigenvalue weighted by atomic mass is 9.79. The fraction of sp³-hybridized carbons (Fsp3) is 0.357. The van der Waals surface area contributed by atoms with Crippen LogP contribution in [0, 0.1) is 5.92 Å². The van der Waals surface area contributed by atoms with E-state index >= 15 is 0 Å². The van der Waals surface area contributed by atoms with Crippen LogP contribution in [-0.4, -0.2) is 34.8 Å². The number of hydrogen-bond acceptors (Lipinski definition) is 5. The minimum absolute atomic E-state index is 0.0257. The highest BCUT2D eigenvalue weighted by Crippen LogP contribution is 2.42. The van der Waals surface area contributed by atoms with Gasteiger partial charge in [-0.3, -0.25) is 4.79 Å². The summed E-state index contributed by atoms with van der Waals surface area (Å²) < 4.78 is 39.7. The Morgan fingerprint density at radius 3 is 2.21 bits per heavy atom. The first-order chi connectivity index (χ1) is 11.0. The van der Waals surface area contributed by atoms with Crippen molar-refractivity contribution in [2.45, 2.75) is 24.9 Å². The van der Waals surface area contributed by atoms with E-state index in [0.717, 1.165) is 31.2 Å². The molecule has 1 saturated heterocycles. The van der Waals surface area contributed by atoms with Crippen LogP contribution in [0.25, 0.3) is 0 Å². The molecule has 10 heteroatoms. The molecule has 0 aliphatic carbocycles. The molecular formula is C14H12F3N2O5-. The van der Waals surface area contributed by atoms with Crippen LogP contribution >= 0.6 is 0 Å². The number of carbonyl (C=O) groups is 3. The number of rotatable bonds is 3. The Kier molecular flexibility index (Phi) is 4.27. The summed E-state index contributed by atoms with van der Waals surface area (Å²) in [5, 5.41) is 24.2. The van der Waals surface area contributed by atoms with E-state index in [9.17, 15) is 37.8 Å². The molecular weight excluding hydrogens is 333 g/mol. The molecule has 0 saturated carbocycles. The molecule has 0 spiro atoms. The molecule has 1 aliphatic heterocycles. The van der Waals surface area contributed by atoms with Crippen LogP contribution < -0.4 is 15.7 Å². The molecule has 1 aromatic carbocycles. The summed E-state index contributed by atoms with van der Waals surface area (Å²) in [5.41, 5.74) is -3.96. The number of aliphatic hydroxyl groups is 1. The van der Waals surface area contributed by atoms with E-state index in [2.05, 4.69) is 5.32 Å². The van der Waals surface area contributed by atoms with Gasteiger partial charge in [-0.25, -0.2) is 4.79 Å². The number of urea groups is 1. The maximum atomic E-state index is 13.2. The van der Waals surface area contributed by atoms with E-state index in [4.69, 9.17) is 0 Å². The van der Waals surface area contributed by atoms with Gasteiger partial charge in [-0.1, -0.05) is 24.3 Å². The third kappa shape index (κ3) is 2.92. The monoisotopic (exact) mass is 345 g/mol. The summed E-state index contributed by atoms with van der Waals surface area (Å²) in [7, 11) is 0. The third-order valence-electron chi connectivity index (χ3n) is 3.75. The second-order valence-electron chi connectivity index (χ2n) is 5.34. The van der Waals surface area contributed by atoms with Crippen LogP contribution in [0.1, 0.15) is 28.9 Å². The second-order valence-corrected chi connectivity index (χ2v) is 5.34. The van der Waals surface area contributed by atoms with Gasteiger partial charge in [0.05, 0.1) is 17.9 Å². The zero-order valence-corrected chi connectivity index (χ0v) is 12.2. The van der Waals surface area contributed by atoms with Crippen molar-refractivity contribution in [1.82, 2.24) is 10.6 Å². The Bertz CT molecular complexity index is 689. The first-order valence-electron chi connectivity index (χ1n) is 6.67. The van der Waals surface area contributed by atoms with Gasteiger partial charge in [0.25, 0.3) is 0 Å². The van der Waals surface area contributed by atoms with E-state index in [1.54, 1.807) is 0 Å². The number of aromatic carboxylic acids is 1. The minimum Gasteiger partial charge on any atom is -0.545 e. The fourth-order valence-corrected chi connectivity index (χ4v) is 2.63. The number of Topliss-reactive ketones (excluding diaryl/α,β-unsaturated/α-hetero) is 1. The topological polar surface area (TPSA) is 119 Å². The van der Waals surface area contributed by atoms with Crippen LogP contribution in [0.4, 0.5) is 18.0 Å². The zero-order valence-electron chi connectivity index (χ0n) is 12.2. The molecule has 0 bridgehead atoms. The normalized spacial score (nSPS) is 27.1. The summed E-state index contributed by atoms with van der Waals surface area (Å²) in [6.07, 6.45) is -5.30. The number of ketones is 1. The predicted octanol–water partition coefficient (Wildman–Crippen LogP) is -0.140. The number of alkyl halides is 3. The first-order valence-corrected chi connectivity index (χ1v) is 6.67. The molecule has 1 heterocycles. The summed E-state index contributed by atoms with van der Waals surface area (Å²) in [5.74, 6) is -4.58. The number of hydrogen-bond donors (Lipinski definition) is 3. The number of nitrogens with one attached hydrogen (secondary N) is 2. The van der Waals surface area contributed by atoms with E-state index in [1.807, 2.05) is 0 Å². The molecule has 2 amide bonds. The van der Waals surface area contributed by atoms with E-state index in [1.165, 1.54) is 5.32 Å². The van der Waals surface area contributed by atoms with Crippen molar-refractivity contribution in [3.05, 3.63) is 35.4 Å². The fourth-order valence-electron chi connectivity index (χ4n) is 2.63. The maximum absolute atomic E-state index is 13.2. The van der Waals surface area contributed by atoms with Gasteiger partial charge in [-0.05, 0) is 18.1 Å². The average molecular weight is 345 g/mol. The van der Waals surface area contributed by atoms with E-state index in [-0.39, 0.29) is 11.1 Å². The van der Waals surface area contributed by atoms with Crippen molar-refractivity contribution >= 4 is 17.8 Å². The van der Waals surface area contributed by atoms with E-state index in [0.29, 0.717) is 0 Å². The summed E-state index contributed by atoms with van der Waals surface area (Å²) >= 11 is 0. The molecule has 1 aliphatic rings. The number of amides is 2. The molecule has 7 nitrogen and oxygen atoms in total. The largest absolute Gasteiger partial charge is 0.545 e. The lowest BCUT2D eigenvalue weighted by Crippen LogP contribution is -2.72. The zero-order chi connectivity index (χ0) is 18.3. The summed E-state index contributed by atoms with van der Waals surface area (Å²) in [6, 6.07) is 1.56. The standard InChI is InChI=1S/C14H13F3N2O5/c1-6(20)9-10(7-2-4-8(5-3-7)11(21)22)18-12(23)19-13(9,24)14(15,16)17/h2-5,9-10,24H,1H3,(H,21,22)(H2,18,19,23)/p-1/t9-,10+,13+/m0/s1. The molecule has 130 valence electrons. The molecule has 2 rings (SSSR count). The predicted molar refractivity (Wildman–Crippen MR) is 70.4 cm³/mol. The molecule has 1 fully saturated rings. The molecule has 24 heavy (non-hydrogen) atoms. The molecule has 1 aromatic rings. The number of carboxylic acid groups (broad SMARTS) is 1.